The van der Waals surface area contributed by atoms with Gasteiger partial charge in [-0.2, -0.15) is 0 Å². The Morgan fingerprint density at radius 1 is 1.52 bits per heavy atom. The van der Waals surface area contributed by atoms with Gasteiger partial charge in [0.05, 0.1) is 13.0 Å². The van der Waals surface area contributed by atoms with Crippen LogP contribution in [0.3, 0.4) is 0 Å². The molecule has 5 heteroatoms. The maximum Gasteiger partial charge on any atom is 0.224 e. The van der Waals surface area contributed by atoms with Gasteiger partial charge in [0.15, 0.2) is 0 Å². The molecule has 0 spiro atoms. The standard InChI is InChI=1S/C16H25N3O2/c1-18-16(20)14-4-3-7-19(11-14)10-12-5-6-13(9-17)15(8-12)21-2/h5-6,8,14H,3-4,7,9-11,17H2,1-2H3,(H,18,20). The molecule has 1 heterocycles. The van der Waals surface area contributed by atoms with Gasteiger partial charge in [0, 0.05) is 32.2 Å². The molecule has 1 unspecified atom stereocenters. The van der Waals surface area contributed by atoms with Crippen LogP contribution in [0.5, 0.6) is 5.75 Å². The summed E-state index contributed by atoms with van der Waals surface area (Å²) < 4.78 is 5.38. The molecule has 0 bridgehead atoms. The third-order valence-corrected chi connectivity index (χ3v) is 4.10. The topological polar surface area (TPSA) is 67.6 Å². The molecule has 0 radical (unpaired) electrons. The number of rotatable bonds is 5. The molecule has 21 heavy (non-hydrogen) atoms. The fourth-order valence-electron chi connectivity index (χ4n) is 2.93. The van der Waals surface area contributed by atoms with Gasteiger partial charge in [-0.1, -0.05) is 12.1 Å². The Morgan fingerprint density at radius 2 is 2.33 bits per heavy atom. The average molecular weight is 291 g/mol. The summed E-state index contributed by atoms with van der Waals surface area (Å²) >= 11 is 0. The van der Waals surface area contributed by atoms with E-state index < -0.39 is 0 Å². The molecule has 0 aliphatic carbocycles. The number of piperidine rings is 1. The quantitative estimate of drug-likeness (QED) is 0.853. The van der Waals surface area contributed by atoms with Gasteiger partial charge in [-0.05, 0) is 31.0 Å². The predicted molar refractivity (Wildman–Crippen MR) is 83.0 cm³/mol. The van der Waals surface area contributed by atoms with Crippen LogP contribution in [0.4, 0.5) is 0 Å². The number of nitrogens with one attached hydrogen (secondary N) is 1. The SMILES string of the molecule is CNC(=O)C1CCCN(Cc2ccc(CN)c(OC)c2)C1. The number of ether oxygens (including phenoxy) is 1. The van der Waals surface area contributed by atoms with Crippen LogP contribution in [0.15, 0.2) is 18.2 Å². The summed E-state index contributed by atoms with van der Waals surface area (Å²) in [6.45, 7) is 3.18. The first-order chi connectivity index (χ1) is 10.2. The van der Waals surface area contributed by atoms with Crippen molar-refractivity contribution >= 4 is 5.91 Å². The molecule has 116 valence electrons. The number of amides is 1. The zero-order chi connectivity index (χ0) is 15.2. The summed E-state index contributed by atoms with van der Waals surface area (Å²) in [6, 6.07) is 6.16. The molecule has 1 aromatic carbocycles. The molecular weight excluding hydrogens is 266 g/mol. The molecule has 1 aliphatic rings. The largest absolute Gasteiger partial charge is 0.496 e. The van der Waals surface area contributed by atoms with Crippen molar-refractivity contribution in [3.8, 4) is 5.75 Å². The highest BCUT2D eigenvalue weighted by atomic mass is 16.5. The second kappa shape index (κ2) is 7.43. The number of carbonyl (C=O) groups is 1. The van der Waals surface area contributed by atoms with Crippen molar-refractivity contribution < 1.29 is 9.53 Å². The first kappa shape index (κ1) is 15.8. The van der Waals surface area contributed by atoms with E-state index in [0.29, 0.717) is 6.54 Å². The molecule has 2 rings (SSSR count). The summed E-state index contributed by atoms with van der Waals surface area (Å²) in [5, 5.41) is 2.75. The number of likely N-dealkylation sites (tertiary alicyclic amines) is 1. The molecule has 1 aliphatic heterocycles. The summed E-state index contributed by atoms with van der Waals surface area (Å²) in [5.41, 5.74) is 7.91. The Labute approximate surface area is 126 Å². The van der Waals surface area contributed by atoms with Gasteiger partial charge in [-0.15, -0.1) is 0 Å². The Balaban J connectivity index is 2.02. The second-order valence-electron chi connectivity index (χ2n) is 5.54. The van der Waals surface area contributed by atoms with Gasteiger partial charge in [-0.25, -0.2) is 0 Å². The van der Waals surface area contributed by atoms with E-state index >= 15 is 0 Å². The van der Waals surface area contributed by atoms with E-state index in [9.17, 15) is 4.79 Å². The first-order valence-electron chi connectivity index (χ1n) is 7.47. The maximum absolute atomic E-state index is 11.8. The van der Waals surface area contributed by atoms with Crippen LogP contribution in [0.2, 0.25) is 0 Å². The minimum Gasteiger partial charge on any atom is -0.496 e. The molecule has 5 nitrogen and oxygen atoms in total. The minimum atomic E-state index is 0.106. The lowest BCUT2D eigenvalue weighted by Gasteiger charge is -2.31. The summed E-state index contributed by atoms with van der Waals surface area (Å²) in [4.78, 5) is 14.1. The fraction of sp³-hybridized carbons (Fsp3) is 0.562. The predicted octanol–water partition coefficient (Wildman–Crippen LogP) is 1.11. The Kier molecular flexibility index (Phi) is 5.59. The molecule has 1 atom stereocenters. The molecule has 1 saturated heterocycles. The molecule has 1 amide bonds. The third-order valence-electron chi connectivity index (χ3n) is 4.10. The van der Waals surface area contributed by atoms with E-state index in [-0.39, 0.29) is 11.8 Å². The first-order valence-corrected chi connectivity index (χ1v) is 7.47. The van der Waals surface area contributed by atoms with Crippen LogP contribution in [-0.2, 0) is 17.9 Å². The average Bonchev–Trinajstić information content (AvgIpc) is 2.54. The normalized spacial score (nSPS) is 19.3. The highest BCUT2D eigenvalue weighted by Crippen LogP contribution is 2.23. The van der Waals surface area contributed by atoms with Crippen LogP contribution in [0.25, 0.3) is 0 Å². The monoisotopic (exact) mass is 291 g/mol. The van der Waals surface area contributed by atoms with Gasteiger partial charge in [0.1, 0.15) is 5.75 Å². The van der Waals surface area contributed by atoms with Crippen molar-refractivity contribution in [2.75, 3.05) is 27.2 Å². The number of hydrogen-bond acceptors (Lipinski definition) is 4. The number of hydrogen-bond donors (Lipinski definition) is 2. The smallest absolute Gasteiger partial charge is 0.224 e. The van der Waals surface area contributed by atoms with Crippen molar-refractivity contribution in [1.82, 2.24) is 10.2 Å². The van der Waals surface area contributed by atoms with Crippen molar-refractivity contribution in [2.24, 2.45) is 11.7 Å². The van der Waals surface area contributed by atoms with Gasteiger partial charge in [-0.3, -0.25) is 9.69 Å². The third kappa shape index (κ3) is 3.95. The maximum atomic E-state index is 11.8. The number of methoxy groups -OCH3 is 1. The van der Waals surface area contributed by atoms with Crippen LogP contribution < -0.4 is 15.8 Å². The van der Waals surface area contributed by atoms with E-state index in [1.165, 1.54) is 5.56 Å². The number of nitrogens with two attached hydrogens (primary N) is 1. The van der Waals surface area contributed by atoms with Gasteiger partial charge in [0.25, 0.3) is 0 Å². The van der Waals surface area contributed by atoms with Gasteiger partial charge in [0.2, 0.25) is 5.91 Å². The van der Waals surface area contributed by atoms with E-state index in [2.05, 4.69) is 16.3 Å². The van der Waals surface area contributed by atoms with Crippen molar-refractivity contribution in [3.05, 3.63) is 29.3 Å². The number of nitrogens with zero attached hydrogens (tertiary/aromatic N) is 1. The van der Waals surface area contributed by atoms with E-state index in [1.54, 1.807) is 14.2 Å². The highest BCUT2D eigenvalue weighted by molar-refractivity contribution is 5.78. The van der Waals surface area contributed by atoms with Crippen LogP contribution >= 0.6 is 0 Å². The lowest BCUT2D eigenvalue weighted by atomic mass is 9.96. The van der Waals surface area contributed by atoms with Crippen molar-refractivity contribution in [1.29, 1.82) is 0 Å². The number of benzene rings is 1. The van der Waals surface area contributed by atoms with Crippen LogP contribution in [0.1, 0.15) is 24.0 Å². The second-order valence-corrected chi connectivity index (χ2v) is 5.54. The lowest BCUT2D eigenvalue weighted by Crippen LogP contribution is -2.41. The molecule has 0 saturated carbocycles. The molecular formula is C16H25N3O2. The van der Waals surface area contributed by atoms with Crippen molar-refractivity contribution in [2.45, 2.75) is 25.9 Å². The summed E-state index contributed by atoms with van der Waals surface area (Å²) in [6.07, 6.45) is 2.04. The lowest BCUT2D eigenvalue weighted by molar-refractivity contribution is -0.126. The van der Waals surface area contributed by atoms with Crippen molar-refractivity contribution in [3.63, 3.8) is 0 Å². The van der Waals surface area contributed by atoms with Gasteiger partial charge >= 0.3 is 0 Å². The van der Waals surface area contributed by atoms with E-state index in [0.717, 1.165) is 43.8 Å². The molecule has 1 fully saturated rings. The van der Waals surface area contributed by atoms with Crippen LogP contribution in [-0.4, -0.2) is 38.1 Å². The van der Waals surface area contributed by atoms with Crippen LogP contribution in [0, 0.1) is 5.92 Å². The Morgan fingerprint density at radius 3 is 3.00 bits per heavy atom. The fourth-order valence-corrected chi connectivity index (χ4v) is 2.93. The van der Waals surface area contributed by atoms with E-state index in [4.69, 9.17) is 10.5 Å². The number of carbonyl (C=O) groups excluding carboxylic acids is 1. The zero-order valence-corrected chi connectivity index (χ0v) is 12.9. The van der Waals surface area contributed by atoms with Gasteiger partial charge < -0.3 is 15.8 Å². The summed E-state index contributed by atoms with van der Waals surface area (Å²) in [7, 11) is 3.37. The Hall–Kier alpha value is -1.59. The molecule has 1 aromatic rings. The minimum absolute atomic E-state index is 0.106. The van der Waals surface area contributed by atoms with E-state index in [1.807, 2.05) is 12.1 Å². The zero-order valence-electron chi connectivity index (χ0n) is 12.9. The summed E-state index contributed by atoms with van der Waals surface area (Å²) in [5.74, 6) is 1.10. The Bertz CT molecular complexity index is 490. The molecule has 3 N–H and O–H groups in total. The molecule has 0 aromatic heterocycles. The highest BCUT2D eigenvalue weighted by Gasteiger charge is 2.25.